The lowest BCUT2D eigenvalue weighted by Gasteiger charge is -2.34. The molecule has 1 aromatic heterocycles. The van der Waals surface area contributed by atoms with E-state index in [0.717, 1.165) is 5.76 Å². The Balaban J connectivity index is 1.24. The van der Waals surface area contributed by atoms with E-state index in [1.54, 1.807) is 24.5 Å². The van der Waals surface area contributed by atoms with Gasteiger partial charge in [-0.2, -0.15) is 0 Å². The van der Waals surface area contributed by atoms with Gasteiger partial charge in [0.15, 0.2) is 11.5 Å². The molecule has 154 valence electrons. The molecule has 2 N–H and O–H groups in total. The summed E-state index contributed by atoms with van der Waals surface area (Å²) in [6.07, 6.45) is 3.02. The standard InChI is InChI=1S/C21H25N3O5/c1-14(20(25)22-12-17-3-2-10-27-17)24-8-6-15(7-9-24)21(26)23-16-4-5-18-19(11-16)29-13-28-18/h2-5,10-11,14-15H,6-9,12-13H2,1H3,(H,22,25)(H,23,26). The fraction of sp³-hybridized carbons (Fsp3) is 0.429. The van der Waals surface area contributed by atoms with Crippen molar-refractivity contribution in [3.63, 3.8) is 0 Å². The maximum Gasteiger partial charge on any atom is 0.237 e. The van der Waals surface area contributed by atoms with E-state index in [1.807, 2.05) is 19.1 Å². The van der Waals surface area contributed by atoms with Crippen LogP contribution in [-0.2, 0) is 16.1 Å². The molecule has 4 rings (SSSR count). The average Bonchev–Trinajstić information content (AvgIpc) is 3.43. The molecule has 2 aromatic rings. The van der Waals surface area contributed by atoms with Crippen LogP contribution in [0.2, 0.25) is 0 Å². The van der Waals surface area contributed by atoms with Gasteiger partial charge in [0.1, 0.15) is 5.76 Å². The number of furan rings is 1. The molecular formula is C21H25N3O5. The van der Waals surface area contributed by atoms with Gasteiger partial charge in [-0.15, -0.1) is 0 Å². The minimum atomic E-state index is -0.247. The Hall–Kier alpha value is -3.00. The number of nitrogens with zero attached hydrogens (tertiary/aromatic N) is 1. The number of ether oxygens (including phenoxy) is 2. The predicted molar refractivity (Wildman–Crippen MR) is 106 cm³/mol. The Morgan fingerprint density at radius 2 is 1.97 bits per heavy atom. The molecule has 1 aromatic carbocycles. The average molecular weight is 399 g/mol. The van der Waals surface area contributed by atoms with Crippen LogP contribution in [0.1, 0.15) is 25.5 Å². The van der Waals surface area contributed by atoms with Crippen molar-refractivity contribution >= 4 is 17.5 Å². The van der Waals surface area contributed by atoms with E-state index in [-0.39, 0.29) is 30.6 Å². The normalized spacial score (nSPS) is 17.7. The Labute approximate surface area is 169 Å². The lowest BCUT2D eigenvalue weighted by Crippen LogP contribution is -2.49. The third-order valence-electron chi connectivity index (χ3n) is 5.48. The zero-order valence-electron chi connectivity index (χ0n) is 16.3. The van der Waals surface area contributed by atoms with Gasteiger partial charge in [0, 0.05) is 17.7 Å². The Bertz CT molecular complexity index is 859. The summed E-state index contributed by atoms with van der Waals surface area (Å²) < 4.78 is 15.9. The van der Waals surface area contributed by atoms with Crippen LogP contribution in [0.4, 0.5) is 5.69 Å². The van der Waals surface area contributed by atoms with E-state index in [2.05, 4.69) is 15.5 Å². The molecule has 2 aliphatic rings. The van der Waals surface area contributed by atoms with Crippen LogP contribution in [0.3, 0.4) is 0 Å². The number of hydrogen-bond donors (Lipinski definition) is 2. The number of amides is 2. The van der Waals surface area contributed by atoms with Crippen molar-refractivity contribution in [2.24, 2.45) is 5.92 Å². The molecule has 1 unspecified atom stereocenters. The number of carbonyl (C=O) groups is 2. The first kappa shape index (κ1) is 19.3. The Kier molecular flexibility index (Phi) is 5.71. The fourth-order valence-corrected chi connectivity index (χ4v) is 3.67. The number of carbonyl (C=O) groups excluding carboxylic acids is 2. The molecule has 2 amide bonds. The second-order valence-electron chi connectivity index (χ2n) is 7.34. The molecular weight excluding hydrogens is 374 g/mol. The maximum absolute atomic E-state index is 12.6. The van der Waals surface area contributed by atoms with Crippen LogP contribution in [0, 0.1) is 5.92 Å². The van der Waals surface area contributed by atoms with Crippen molar-refractivity contribution in [2.75, 3.05) is 25.2 Å². The molecule has 0 spiro atoms. The van der Waals surface area contributed by atoms with Gasteiger partial charge in [-0.1, -0.05) is 0 Å². The number of nitrogens with one attached hydrogen (secondary N) is 2. The first-order valence-electron chi connectivity index (χ1n) is 9.85. The minimum absolute atomic E-state index is 0.00145. The van der Waals surface area contributed by atoms with Crippen LogP contribution in [0.15, 0.2) is 41.0 Å². The minimum Gasteiger partial charge on any atom is -0.467 e. The van der Waals surface area contributed by atoms with Gasteiger partial charge in [-0.25, -0.2) is 0 Å². The lowest BCUT2D eigenvalue weighted by atomic mass is 9.94. The number of fused-ring (bicyclic) bond motifs is 1. The topological polar surface area (TPSA) is 93.0 Å². The van der Waals surface area contributed by atoms with Gasteiger partial charge in [0.2, 0.25) is 18.6 Å². The predicted octanol–water partition coefficient (Wildman–Crippen LogP) is 2.36. The van der Waals surface area contributed by atoms with Crippen LogP contribution in [0.5, 0.6) is 11.5 Å². The van der Waals surface area contributed by atoms with Gasteiger partial charge < -0.3 is 24.5 Å². The van der Waals surface area contributed by atoms with Gasteiger partial charge >= 0.3 is 0 Å². The number of anilines is 1. The summed E-state index contributed by atoms with van der Waals surface area (Å²) in [5, 5.41) is 5.85. The van der Waals surface area contributed by atoms with E-state index in [4.69, 9.17) is 13.9 Å². The molecule has 1 saturated heterocycles. The molecule has 0 saturated carbocycles. The zero-order chi connectivity index (χ0) is 20.2. The summed E-state index contributed by atoms with van der Waals surface area (Å²) in [4.78, 5) is 27.1. The molecule has 8 nitrogen and oxygen atoms in total. The highest BCUT2D eigenvalue weighted by Gasteiger charge is 2.30. The summed E-state index contributed by atoms with van der Waals surface area (Å²) in [5.41, 5.74) is 0.701. The van der Waals surface area contributed by atoms with Crippen molar-refractivity contribution in [3.05, 3.63) is 42.4 Å². The molecule has 29 heavy (non-hydrogen) atoms. The number of benzene rings is 1. The monoisotopic (exact) mass is 399 g/mol. The van der Waals surface area contributed by atoms with E-state index < -0.39 is 0 Å². The molecule has 8 heteroatoms. The highest BCUT2D eigenvalue weighted by Crippen LogP contribution is 2.34. The first-order valence-corrected chi connectivity index (χ1v) is 9.85. The van der Waals surface area contributed by atoms with Crippen LogP contribution in [-0.4, -0.2) is 42.6 Å². The van der Waals surface area contributed by atoms with Crippen LogP contribution < -0.4 is 20.1 Å². The highest BCUT2D eigenvalue weighted by atomic mass is 16.7. The SMILES string of the molecule is CC(C(=O)NCc1ccco1)N1CCC(C(=O)Nc2ccc3c(c2)OCO3)CC1. The number of hydrogen-bond acceptors (Lipinski definition) is 6. The quantitative estimate of drug-likeness (QED) is 0.775. The van der Waals surface area contributed by atoms with Crippen LogP contribution in [0.25, 0.3) is 0 Å². The molecule has 3 heterocycles. The Morgan fingerprint density at radius 1 is 1.17 bits per heavy atom. The van der Waals surface area contributed by atoms with E-state index in [0.29, 0.717) is 49.7 Å². The van der Waals surface area contributed by atoms with Gasteiger partial charge in [0.05, 0.1) is 18.8 Å². The van der Waals surface area contributed by atoms with Gasteiger partial charge in [-0.3, -0.25) is 14.5 Å². The van der Waals surface area contributed by atoms with Crippen molar-refractivity contribution in [3.8, 4) is 11.5 Å². The third-order valence-corrected chi connectivity index (χ3v) is 5.48. The summed E-state index contributed by atoms with van der Waals surface area (Å²) in [7, 11) is 0. The first-order chi connectivity index (χ1) is 14.1. The number of likely N-dealkylation sites (tertiary alicyclic amines) is 1. The van der Waals surface area contributed by atoms with Crippen LogP contribution >= 0.6 is 0 Å². The smallest absolute Gasteiger partial charge is 0.237 e. The summed E-state index contributed by atoms with van der Waals surface area (Å²) >= 11 is 0. The summed E-state index contributed by atoms with van der Waals surface area (Å²) in [6.45, 7) is 3.89. The lowest BCUT2D eigenvalue weighted by molar-refractivity contribution is -0.127. The molecule has 2 aliphatic heterocycles. The molecule has 0 bridgehead atoms. The molecule has 0 radical (unpaired) electrons. The number of rotatable bonds is 6. The zero-order valence-corrected chi connectivity index (χ0v) is 16.3. The Morgan fingerprint density at radius 3 is 2.72 bits per heavy atom. The highest BCUT2D eigenvalue weighted by molar-refractivity contribution is 5.93. The molecule has 1 atom stereocenters. The summed E-state index contributed by atoms with van der Waals surface area (Å²) in [5.74, 6) is 1.95. The van der Waals surface area contributed by atoms with E-state index in [9.17, 15) is 9.59 Å². The second-order valence-corrected chi connectivity index (χ2v) is 7.34. The van der Waals surface area contributed by atoms with Gasteiger partial charge in [0.25, 0.3) is 0 Å². The second kappa shape index (κ2) is 8.57. The maximum atomic E-state index is 12.6. The number of piperidine rings is 1. The van der Waals surface area contributed by atoms with Gasteiger partial charge in [-0.05, 0) is 57.1 Å². The fourth-order valence-electron chi connectivity index (χ4n) is 3.67. The van der Waals surface area contributed by atoms with Crippen molar-refractivity contribution < 1.29 is 23.5 Å². The molecule has 1 fully saturated rings. The van der Waals surface area contributed by atoms with E-state index in [1.165, 1.54) is 0 Å². The van der Waals surface area contributed by atoms with Crippen molar-refractivity contribution in [1.29, 1.82) is 0 Å². The largest absolute Gasteiger partial charge is 0.467 e. The van der Waals surface area contributed by atoms with E-state index >= 15 is 0 Å². The summed E-state index contributed by atoms with van der Waals surface area (Å²) in [6, 6.07) is 8.76. The van der Waals surface area contributed by atoms with Crippen molar-refractivity contribution in [2.45, 2.75) is 32.4 Å². The van der Waals surface area contributed by atoms with Crippen molar-refractivity contribution in [1.82, 2.24) is 10.2 Å². The third kappa shape index (κ3) is 4.54. The molecule has 0 aliphatic carbocycles.